The largest absolute Gasteiger partial charge is 0.468 e. The lowest BCUT2D eigenvalue weighted by Crippen LogP contribution is -2.53. The first kappa shape index (κ1) is 22.6. The van der Waals surface area contributed by atoms with Crippen LogP contribution in [0.3, 0.4) is 0 Å². The summed E-state index contributed by atoms with van der Waals surface area (Å²) in [6.45, 7) is -1.04. The van der Waals surface area contributed by atoms with Gasteiger partial charge in [0.25, 0.3) is 0 Å². The Bertz CT molecular complexity index is 956. The summed E-state index contributed by atoms with van der Waals surface area (Å²) in [4.78, 5) is 29.4. The molecule has 1 aliphatic heterocycles. The van der Waals surface area contributed by atoms with E-state index >= 15 is 0 Å². The summed E-state index contributed by atoms with van der Waals surface area (Å²) in [6, 6.07) is 5.07. The number of nitrogens with one attached hydrogen (secondary N) is 2. The molecule has 1 aromatic carbocycles. The third-order valence-corrected chi connectivity index (χ3v) is 4.64. The van der Waals surface area contributed by atoms with Crippen molar-refractivity contribution >= 4 is 23.5 Å². The number of halogens is 5. The number of amides is 3. The normalized spacial score (nSPS) is 15.3. The average molecular weight is 461 g/mol. The number of hydrogen-bond donors (Lipinski definition) is 2. The second-order valence-corrected chi connectivity index (χ2v) is 7.07. The molecule has 12 heteroatoms. The zero-order valence-electron chi connectivity index (χ0n) is 15.9. The van der Waals surface area contributed by atoms with Crippen LogP contribution >= 0.6 is 11.6 Å². The second kappa shape index (κ2) is 9.38. The zero-order chi connectivity index (χ0) is 22.6. The number of hydrogen-bond acceptors (Lipinski definition) is 4. The Balaban J connectivity index is 1.84. The summed E-state index contributed by atoms with van der Waals surface area (Å²) < 4.78 is 55.1. The van der Waals surface area contributed by atoms with E-state index in [1.807, 2.05) is 0 Å². The number of carbonyl (C=O) groups is 2. The highest BCUT2D eigenvalue weighted by Gasteiger charge is 2.29. The van der Waals surface area contributed by atoms with Crippen LogP contribution in [-0.2, 0) is 4.79 Å². The topological polar surface area (TPSA) is 83.6 Å². The van der Waals surface area contributed by atoms with Crippen LogP contribution in [0.1, 0.15) is 17.2 Å². The Morgan fingerprint density at radius 2 is 2.03 bits per heavy atom. The lowest BCUT2D eigenvalue weighted by Gasteiger charge is -2.29. The molecule has 1 fully saturated rings. The molecule has 31 heavy (non-hydrogen) atoms. The molecular formula is C19H17ClF4N4O3. The minimum Gasteiger partial charge on any atom is -0.468 e. The van der Waals surface area contributed by atoms with Crippen LogP contribution in [0.25, 0.3) is 0 Å². The molecule has 1 unspecified atom stereocenters. The minimum absolute atomic E-state index is 0.134. The van der Waals surface area contributed by atoms with Crippen molar-refractivity contribution in [2.45, 2.75) is 12.2 Å². The summed E-state index contributed by atoms with van der Waals surface area (Å²) in [6.07, 6.45) is -3.28. The van der Waals surface area contributed by atoms with Gasteiger partial charge in [0.2, 0.25) is 11.8 Å². The third kappa shape index (κ3) is 6.20. The predicted octanol–water partition coefficient (Wildman–Crippen LogP) is 3.05. The number of piperazine rings is 1. The van der Waals surface area contributed by atoms with Gasteiger partial charge in [-0.3, -0.25) is 4.79 Å². The van der Waals surface area contributed by atoms with Crippen LogP contribution in [0.15, 0.2) is 36.5 Å². The van der Waals surface area contributed by atoms with E-state index in [2.05, 4.69) is 20.4 Å². The first-order chi connectivity index (χ1) is 14.6. The number of pyridine rings is 1. The van der Waals surface area contributed by atoms with Gasteiger partial charge in [0.1, 0.15) is 12.4 Å². The number of benzene rings is 1. The summed E-state index contributed by atoms with van der Waals surface area (Å²) in [7, 11) is 0. The molecule has 0 saturated carbocycles. The lowest BCUT2D eigenvalue weighted by atomic mass is 10.00. The standard InChI is InChI=1S/C19H17ClF4N4O3/c20-13-7-11(1-3-14(13)21)17(27-18(30)28-6-5-25-15(29)9-28)12-2-4-16(26-8-12)31-10-19(22,23)24/h1-4,7-8,17H,5-6,9-10H2,(H,25,29)(H,27,30). The molecule has 2 N–H and O–H groups in total. The van der Waals surface area contributed by atoms with Crippen LogP contribution < -0.4 is 15.4 Å². The van der Waals surface area contributed by atoms with Crippen LogP contribution in [0.2, 0.25) is 5.02 Å². The smallest absolute Gasteiger partial charge is 0.422 e. The number of urea groups is 1. The number of carbonyl (C=O) groups excluding carboxylic acids is 2. The van der Waals surface area contributed by atoms with E-state index in [4.69, 9.17) is 11.6 Å². The molecule has 166 valence electrons. The van der Waals surface area contributed by atoms with Crippen molar-refractivity contribution in [1.82, 2.24) is 20.5 Å². The highest BCUT2D eigenvalue weighted by molar-refractivity contribution is 6.30. The minimum atomic E-state index is -4.51. The van der Waals surface area contributed by atoms with Crippen molar-refractivity contribution in [3.05, 3.63) is 58.5 Å². The van der Waals surface area contributed by atoms with Crippen molar-refractivity contribution in [1.29, 1.82) is 0 Å². The van der Waals surface area contributed by atoms with Crippen molar-refractivity contribution in [3.8, 4) is 5.88 Å². The van der Waals surface area contributed by atoms with Gasteiger partial charge in [0.05, 0.1) is 11.1 Å². The fraction of sp³-hybridized carbons (Fsp3) is 0.316. The lowest BCUT2D eigenvalue weighted by molar-refractivity contribution is -0.154. The van der Waals surface area contributed by atoms with Crippen LogP contribution in [0.4, 0.5) is 22.4 Å². The maximum absolute atomic E-state index is 13.6. The molecular weight excluding hydrogens is 444 g/mol. The SMILES string of the molecule is O=C1CN(C(=O)NC(c2ccc(OCC(F)(F)F)nc2)c2ccc(F)c(Cl)c2)CCN1. The van der Waals surface area contributed by atoms with Gasteiger partial charge < -0.3 is 20.3 Å². The van der Waals surface area contributed by atoms with Crippen molar-refractivity contribution < 1.29 is 31.9 Å². The van der Waals surface area contributed by atoms with Crippen molar-refractivity contribution in [2.24, 2.45) is 0 Å². The van der Waals surface area contributed by atoms with Crippen LogP contribution in [-0.4, -0.2) is 54.2 Å². The number of nitrogens with zero attached hydrogens (tertiary/aromatic N) is 2. The summed E-state index contributed by atoms with van der Waals surface area (Å²) in [5.41, 5.74) is 0.795. The molecule has 1 atom stereocenters. The average Bonchev–Trinajstić information content (AvgIpc) is 2.72. The Morgan fingerprint density at radius 1 is 1.29 bits per heavy atom. The Hall–Kier alpha value is -3.08. The molecule has 0 radical (unpaired) electrons. The van der Waals surface area contributed by atoms with Gasteiger partial charge in [-0.15, -0.1) is 0 Å². The molecule has 2 aromatic rings. The third-order valence-electron chi connectivity index (χ3n) is 4.35. The number of ether oxygens (including phenoxy) is 1. The fourth-order valence-corrected chi connectivity index (χ4v) is 3.07. The maximum Gasteiger partial charge on any atom is 0.422 e. The predicted molar refractivity (Wildman–Crippen MR) is 102 cm³/mol. The monoisotopic (exact) mass is 460 g/mol. The first-order valence-corrected chi connectivity index (χ1v) is 9.43. The number of rotatable bonds is 5. The van der Waals surface area contributed by atoms with E-state index in [1.165, 1.54) is 35.4 Å². The van der Waals surface area contributed by atoms with Crippen LogP contribution in [0.5, 0.6) is 5.88 Å². The van der Waals surface area contributed by atoms with Crippen molar-refractivity contribution in [2.75, 3.05) is 26.2 Å². The maximum atomic E-state index is 13.6. The molecule has 1 aliphatic rings. The molecule has 0 bridgehead atoms. The number of aromatic nitrogens is 1. The summed E-state index contributed by atoms with van der Waals surface area (Å²) in [5.74, 6) is -1.22. The molecule has 1 aromatic heterocycles. The van der Waals surface area contributed by atoms with Gasteiger partial charge in [0.15, 0.2) is 6.61 Å². The summed E-state index contributed by atoms with van der Waals surface area (Å²) >= 11 is 5.87. The van der Waals surface area contributed by atoms with E-state index in [-0.39, 0.29) is 29.9 Å². The van der Waals surface area contributed by atoms with Gasteiger partial charge in [-0.1, -0.05) is 17.7 Å². The van der Waals surface area contributed by atoms with E-state index in [9.17, 15) is 27.2 Å². The van der Waals surface area contributed by atoms with E-state index in [0.717, 1.165) is 6.07 Å². The molecule has 7 nitrogen and oxygen atoms in total. The Labute approximate surface area is 179 Å². The first-order valence-electron chi connectivity index (χ1n) is 9.05. The number of alkyl halides is 3. The second-order valence-electron chi connectivity index (χ2n) is 6.66. The van der Waals surface area contributed by atoms with E-state index in [0.29, 0.717) is 17.7 Å². The fourth-order valence-electron chi connectivity index (χ4n) is 2.88. The summed E-state index contributed by atoms with van der Waals surface area (Å²) in [5, 5.41) is 5.16. The van der Waals surface area contributed by atoms with Gasteiger partial charge in [-0.2, -0.15) is 13.2 Å². The van der Waals surface area contributed by atoms with Crippen LogP contribution in [0, 0.1) is 5.82 Å². The van der Waals surface area contributed by atoms with E-state index < -0.39 is 30.7 Å². The van der Waals surface area contributed by atoms with Gasteiger partial charge in [-0.25, -0.2) is 14.2 Å². The zero-order valence-corrected chi connectivity index (χ0v) is 16.6. The molecule has 2 heterocycles. The van der Waals surface area contributed by atoms with Gasteiger partial charge >= 0.3 is 12.2 Å². The van der Waals surface area contributed by atoms with Crippen molar-refractivity contribution in [3.63, 3.8) is 0 Å². The molecule has 0 spiro atoms. The highest BCUT2D eigenvalue weighted by atomic mass is 35.5. The van der Waals surface area contributed by atoms with E-state index in [1.54, 1.807) is 0 Å². The molecule has 0 aliphatic carbocycles. The van der Waals surface area contributed by atoms with Gasteiger partial charge in [-0.05, 0) is 29.3 Å². The Morgan fingerprint density at radius 3 is 2.65 bits per heavy atom. The molecule has 3 amide bonds. The quantitative estimate of drug-likeness (QED) is 0.672. The Kier molecular flexibility index (Phi) is 6.84. The molecule has 1 saturated heterocycles. The van der Waals surface area contributed by atoms with Gasteiger partial charge in [0, 0.05) is 25.4 Å². The molecule has 3 rings (SSSR count). The highest BCUT2D eigenvalue weighted by Crippen LogP contribution is 2.27.